The molecule has 0 aliphatic heterocycles. The van der Waals surface area contributed by atoms with Gasteiger partial charge in [-0.3, -0.25) is 4.79 Å². The molecule has 33 heavy (non-hydrogen) atoms. The summed E-state index contributed by atoms with van der Waals surface area (Å²) in [6.07, 6.45) is 0. The average molecular weight is 487 g/mol. The number of rotatable bonds is 8. The SMILES string of the molecule is CCOC(=O)c1cc(C)sc1NC(=O)CSc1nnc(-c2ccc(C(C)(C)C)cc2)n1CC. The van der Waals surface area contributed by atoms with Crippen molar-refractivity contribution in [3.05, 3.63) is 46.3 Å². The lowest BCUT2D eigenvalue weighted by molar-refractivity contribution is -0.113. The molecule has 3 aromatic rings. The van der Waals surface area contributed by atoms with Gasteiger partial charge in [0.1, 0.15) is 5.00 Å². The Morgan fingerprint density at radius 2 is 1.85 bits per heavy atom. The number of carbonyl (C=O) groups excluding carboxylic acids is 2. The van der Waals surface area contributed by atoms with Crippen LogP contribution in [0.5, 0.6) is 0 Å². The van der Waals surface area contributed by atoms with Gasteiger partial charge in [0.2, 0.25) is 5.91 Å². The van der Waals surface area contributed by atoms with E-state index in [0.29, 0.717) is 22.3 Å². The lowest BCUT2D eigenvalue weighted by Crippen LogP contribution is -2.16. The molecule has 0 spiro atoms. The molecular weight excluding hydrogens is 456 g/mol. The molecule has 2 heterocycles. The van der Waals surface area contributed by atoms with E-state index < -0.39 is 5.97 Å². The Morgan fingerprint density at radius 1 is 1.15 bits per heavy atom. The lowest BCUT2D eigenvalue weighted by Gasteiger charge is -2.19. The van der Waals surface area contributed by atoms with Gasteiger partial charge < -0.3 is 14.6 Å². The van der Waals surface area contributed by atoms with Gasteiger partial charge in [-0.05, 0) is 37.8 Å². The van der Waals surface area contributed by atoms with Crippen LogP contribution in [0.3, 0.4) is 0 Å². The summed E-state index contributed by atoms with van der Waals surface area (Å²) in [5.74, 6) is 0.284. The zero-order chi connectivity index (χ0) is 24.2. The Kier molecular flexibility index (Phi) is 7.97. The molecular formula is C24H30N4O3S2. The van der Waals surface area contributed by atoms with Gasteiger partial charge in [-0.15, -0.1) is 21.5 Å². The minimum absolute atomic E-state index is 0.0829. The van der Waals surface area contributed by atoms with Crippen LogP contribution in [0.2, 0.25) is 0 Å². The molecule has 0 bridgehead atoms. The summed E-state index contributed by atoms with van der Waals surface area (Å²) < 4.78 is 7.09. The number of thiophene rings is 1. The average Bonchev–Trinajstić information content (AvgIpc) is 3.34. The third-order valence-corrected chi connectivity index (χ3v) is 6.91. The van der Waals surface area contributed by atoms with Gasteiger partial charge in [0.05, 0.1) is 17.9 Å². The van der Waals surface area contributed by atoms with Crippen molar-refractivity contribution in [2.45, 2.75) is 58.7 Å². The highest BCUT2D eigenvalue weighted by Crippen LogP contribution is 2.30. The Hall–Kier alpha value is -2.65. The number of hydrogen-bond acceptors (Lipinski definition) is 7. The molecule has 0 saturated carbocycles. The maximum atomic E-state index is 12.6. The Bertz CT molecular complexity index is 1130. The number of anilines is 1. The van der Waals surface area contributed by atoms with E-state index in [2.05, 4.69) is 60.6 Å². The van der Waals surface area contributed by atoms with Crippen LogP contribution in [-0.2, 0) is 21.5 Å². The molecule has 9 heteroatoms. The molecule has 1 aromatic carbocycles. The zero-order valence-electron chi connectivity index (χ0n) is 19.9. The number of nitrogens with one attached hydrogen (secondary N) is 1. The number of benzene rings is 1. The smallest absolute Gasteiger partial charge is 0.341 e. The topological polar surface area (TPSA) is 86.1 Å². The van der Waals surface area contributed by atoms with Crippen molar-refractivity contribution in [2.24, 2.45) is 0 Å². The normalized spacial score (nSPS) is 11.5. The monoisotopic (exact) mass is 486 g/mol. The first-order valence-corrected chi connectivity index (χ1v) is 12.7. The van der Waals surface area contributed by atoms with Gasteiger partial charge >= 0.3 is 5.97 Å². The first kappa shape index (κ1) is 25.0. The van der Waals surface area contributed by atoms with E-state index >= 15 is 0 Å². The second-order valence-electron chi connectivity index (χ2n) is 8.53. The van der Waals surface area contributed by atoms with Gasteiger partial charge in [0.25, 0.3) is 0 Å². The van der Waals surface area contributed by atoms with E-state index in [9.17, 15) is 9.59 Å². The van der Waals surface area contributed by atoms with Gasteiger partial charge in [-0.25, -0.2) is 4.79 Å². The standard InChI is InChI=1S/C24H30N4O3S2/c1-7-28-20(16-9-11-17(12-10-16)24(4,5)6)26-27-23(28)32-14-19(29)25-21-18(13-15(3)33-21)22(30)31-8-2/h9-13H,7-8,14H2,1-6H3,(H,25,29). The number of amides is 1. The van der Waals surface area contributed by atoms with Crippen LogP contribution < -0.4 is 5.32 Å². The molecule has 7 nitrogen and oxygen atoms in total. The van der Waals surface area contributed by atoms with Gasteiger partial charge in [0, 0.05) is 17.0 Å². The molecule has 1 N–H and O–H groups in total. The number of carbonyl (C=O) groups is 2. The van der Waals surface area contributed by atoms with Crippen molar-refractivity contribution >= 4 is 40.0 Å². The molecule has 0 radical (unpaired) electrons. The van der Waals surface area contributed by atoms with E-state index in [1.165, 1.54) is 28.7 Å². The molecule has 0 fully saturated rings. The largest absolute Gasteiger partial charge is 0.462 e. The summed E-state index contributed by atoms with van der Waals surface area (Å²) in [4.78, 5) is 25.7. The minimum Gasteiger partial charge on any atom is -0.462 e. The molecule has 0 atom stereocenters. The quantitative estimate of drug-likeness (QED) is 0.332. The number of aryl methyl sites for hydroxylation is 1. The Morgan fingerprint density at radius 3 is 2.45 bits per heavy atom. The number of esters is 1. The number of aromatic nitrogens is 3. The molecule has 0 unspecified atom stereocenters. The highest BCUT2D eigenvalue weighted by molar-refractivity contribution is 7.99. The van der Waals surface area contributed by atoms with Gasteiger partial charge in [-0.2, -0.15) is 0 Å². The lowest BCUT2D eigenvalue weighted by atomic mass is 9.87. The Balaban J connectivity index is 1.70. The van der Waals surface area contributed by atoms with Crippen LogP contribution in [-0.4, -0.2) is 39.0 Å². The highest BCUT2D eigenvalue weighted by atomic mass is 32.2. The van der Waals surface area contributed by atoms with Crippen molar-refractivity contribution in [1.29, 1.82) is 0 Å². The second kappa shape index (κ2) is 10.5. The first-order chi connectivity index (χ1) is 15.6. The number of thioether (sulfide) groups is 1. The maximum Gasteiger partial charge on any atom is 0.341 e. The molecule has 3 rings (SSSR count). The van der Waals surface area contributed by atoms with Crippen LogP contribution >= 0.6 is 23.1 Å². The summed E-state index contributed by atoms with van der Waals surface area (Å²) in [6.45, 7) is 13.2. The predicted octanol–water partition coefficient (Wildman–Crippen LogP) is 5.54. The summed E-state index contributed by atoms with van der Waals surface area (Å²) in [5, 5.41) is 12.7. The maximum absolute atomic E-state index is 12.6. The third kappa shape index (κ3) is 6.03. The molecule has 0 saturated heterocycles. The molecule has 1 amide bonds. The van der Waals surface area contributed by atoms with Crippen LogP contribution in [0.25, 0.3) is 11.4 Å². The fourth-order valence-electron chi connectivity index (χ4n) is 3.27. The van der Waals surface area contributed by atoms with E-state index in [4.69, 9.17) is 4.74 Å². The van der Waals surface area contributed by atoms with Crippen molar-refractivity contribution in [1.82, 2.24) is 14.8 Å². The van der Waals surface area contributed by atoms with Crippen molar-refractivity contribution < 1.29 is 14.3 Å². The van der Waals surface area contributed by atoms with E-state index in [0.717, 1.165) is 16.3 Å². The van der Waals surface area contributed by atoms with Crippen LogP contribution in [0.15, 0.2) is 35.5 Å². The summed E-state index contributed by atoms with van der Waals surface area (Å²) in [6, 6.07) is 10.1. The van der Waals surface area contributed by atoms with Crippen LogP contribution in [0.1, 0.15) is 55.4 Å². The van der Waals surface area contributed by atoms with Crippen molar-refractivity contribution in [3.63, 3.8) is 0 Å². The van der Waals surface area contributed by atoms with E-state index in [-0.39, 0.29) is 23.7 Å². The number of nitrogens with zero attached hydrogens (tertiary/aromatic N) is 3. The summed E-state index contributed by atoms with van der Waals surface area (Å²) in [7, 11) is 0. The molecule has 2 aromatic heterocycles. The fraction of sp³-hybridized carbons (Fsp3) is 0.417. The molecule has 0 aliphatic rings. The first-order valence-electron chi connectivity index (χ1n) is 10.9. The summed E-state index contributed by atoms with van der Waals surface area (Å²) in [5.41, 5.74) is 2.71. The Labute approximate surface area is 203 Å². The predicted molar refractivity (Wildman–Crippen MR) is 134 cm³/mol. The number of hydrogen-bond donors (Lipinski definition) is 1. The highest BCUT2D eigenvalue weighted by Gasteiger charge is 2.20. The van der Waals surface area contributed by atoms with Crippen molar-refractivity contribution in [2.75, 3.05) is 17.7 Å². The van der Waals surface area contributed by atoms with E-state index in [1.807, 2.05) is 18.4 Å². The minimum atomic E-state index is -0.433. The fourth-order valence-corrected chi connectivity index (χ4v) is 4.99. The van der Waals surface area contributed by atoms with Gasteiger partial charge in [0.15, 0.2) is 11.0 Å². The van der Waals surface area contributed by atoms with Gasteiger partial charge in [-0.1, -0.05) is 56.8 Å². The molecule has 176 valence electrons. The second-order valence-corrected chi connectivity index (χ2v) is 10.7. The van der Waals surface area contributed by atoms with Crippen LogP contribution in [0.4, 0.5) is 5.00 Å². The number of ether oxygens (including phenoxy) is 1. The molecule has 0 aliphatic carbocycles. The third-order valence-electron chi connectivity index (χ3n) is 4.98. The van der Waals surface area contributed by atoms with Crippen LogP contribution in [0, 0.1) is 6.92 Å². The zero-order valence-corrected chi connectivity index (χ0v) is 21.5. The van der Waals surface area contributed by atoms with Crippen molar-refractivity contribution in [3.8, 4) is 11.4 Å². The van der Waals surface area contributed by atoms with E-state index in [1.54, 1.807) is 13.0 Å². The summed E-state index contributed by atoms with van der Waals surface area (Å²) >= 11 is 2.67.